The third-order valence-corrected chi connectivity index (χ3v) is 8.04. The van der Waals surface area contributed by atoms with Crippen molar-refractivity contribution in [2.24, 2.45) is 11.8 Å². The minimum absolute atomic E-state index is 0.106. The molecular formula is C31H32FN3O2. The maximum Gasteiger partial charge on any atom is 0.261 e. The minimum atomic E-state index is -0.313. The molecule has 0 radical (unpaired) electrons. The highest BCUT2D eigenvalue weighted by Crippen LogP contribution is 2.32. The average molecular weight is 498 g/mol. The van der Waals surface area contributed by atoms with E-state index in [9.17, 15) is 14.3 Å². The molecule has 1 saturated heterocycles. The summed E-state index contributed by atoms with van der Waals surface area (Å²) in [5.41, 5.74) is 2.49. The van der Waals surface area contributed by atoms with Crippen LogP contribution in [0.5, 0.6) is 5.75 Å². The van der Waals surface area contributed by atoms with E-state index in [1.165, 1.54) is 31.4 Å². The summed E-state index contributed by atoms with van der Waals surface area (Å²) in [5.74, 6) is 1.44. The Morgan fingerprint density at radius 3 is 2.49 bits per heavy atom. The van der Waals surface area contributed by atoms with Crippen molar-refractivity contribution in [3.8, 4) is 28.3 Å². The second-order valence-electron chi connectivity index (χ2n) is 10.7. The lowest BCUT2D eigenvalue weighted by Crippen LogP contribution is -2.42. The van der Waals surface area contributed by atoms with Crippen LogP contribution in [-0.4, -0.2) is 39.2 Å². The van der Waals surface area contributed by atoms with E-state index in [1.54, 1.807) is 22.8 Å². The number of para-hydroxylation sites is 1. The summed E-state index contributed by atoms with van der Waals surface area (Å²) in [7, 11) is 0. The number of hydrogen-bond acceptors (Lipinski definition) is 4. The first-order valence-electron chi connectivity index (χ1n) is 13.4. The number of likely N-dealkylation sites (tertiary alicyclic amines) is 1. The number of fused-ring (bicyclic) bond motifs is 1. The molecule has 6 rings (SSSR count). The van der Waals surface area contributed by atoms with Crippen molar-refractivity contribution in [3.05, 3.63) is 82.9 Å². The number of nitrogens with zero attached hydrogens (tertiary/aromatic N) is 3. The van der Waals surface area contributed by atoms with Crippen molar-refractivity contribution < 1.29 is 9.50 Å². The van der Waals surface area contributed by atoms with Crippen LogP contribution in [-0.2, 0) is 6.54 Å². The maximum atomic E-state index is 14.0. The number of halogens is 1. The summed E-state index contributed by atoms with van der Waals surface area (Å²) in [6, 6.07) is 18.9. The van der Waals surface area contributed by atoms with Gasteiger partial charge in [0, 0.05) is 19.6 Å². The SMILES string of the molecule is O=c1c2cc(-c3cccc(F)c3)ccc2nc(-c2ccccc2O)n1CC1CCCN(CC2CCC2)C1. The monoisotopic (exact) mass is 497 g/mol. The highest BCUT2D eigenvalue weighted by Gasteiger charge is 2.27. The van der Waals surface area contributed by atoms with Gasteiger partial charge in [-0.3, -0.25) is 9.36 Å². The van der Waals surface area contributed by atoms with E-state index in [0.717, 1.165) is 49.5 Å². The number of benzene rings is 3. The van der Waals surface area contributed by atoms with E-state index in [0.29, 0.717) is 34.8 Å². The number of rotatable bonds is 6. The molecule has 0 amide bonds. The van der Waals surface area contributed by atoms with Gasteiger partial charge in [0.2, 0.25) is 0 Å². The Hall–Kier alpha value is -3.51. The molecule has 2 heterocycles. The normalized spacial score (nSPS) is 18.7. The van der Waals surface area contributed by atoms with Gasteiger partial charge < -0.3 is 10.0 Å². The molecule has 37 heavy (non-hydrogen) atoms. The second-order valence-corrected chi connectivity index (χ2v) is 10.7. The molecule has 0 spiro atoms. The van der Waals surface area contributed by atoms with Gasteiger partial charge >= 0.3 is 0 Å². The molecule has 1 aliphatic carbocycles. The van der Waals surface area contributed by atoms with Gasteiger partial charge in [-0.1, -0.05) is 36.8 Å². The molecular weight excluding hydrogens is 465 g/mol. The van der Waals surface area contributed by atoms with Crippen molar-refractivity contribution in [1.82, 2.24) is 14.5 Å². The Morgan fingerprint density at radius 1 is 0.892 bits per heavy atom. The van der Waals surface area contributed by atoms with Gasteiger partial charge in [-0.2, -0.15) is 0 Å². The Labute approximate surface area is 216 Å². The summed E-state index contributed by atoms with van der Waals surface area (Å²) < 4.78 is 15.6. The van der Waals surface area contributed by atoms with Gasteiger partial charge in [-0.05, 0) is 91.6 Å². The first-order chi connectivity index (χ1) is 18.0. The van der Waals surface area contributed by atoms with Crippen molar-refractivity contribution in [2.75, 3.05) is 19.6 Å². The lowest BCUT2D eigenvalue weighted by atomic mass is 9.84. The van der Waals surface area contributed by atoms with Crippen LogP contribution >= 0.6 is 0 Å². The van der Waals surface area contributed by atoms with E-state index < -0.39 is 0 Å². The Kier molecular flexibility index (Phi) is 6.51. The molecule has 1 N–H and O–H groups in total. The van der Waals surface area contributed by atoms with E-state index >= 15 is 0 Å². The quantitative estimate of drug-likeness (QED) is 0.350. The van der Waals surface area contributed by atoms with Gasteiger partial charge in [0.25, 0.3) is 5.56 Å². The van der Waals surface area contributed by atoms with E-state index in [4.69, 9.17) is 4.98 Å². The molecule has 4 aromatic rings. The molecule has 1 unspecified atom stereocenters. The summed E-state index contributed by atoms with van der Waals surface area (Å²) in [6.45, 7) is 3.81. The van der Waals surface area contributed by atoms with Crippen LogP contribution in [0.4, 0.5) is 4.39 Å². The van der Waals surface area contributed by atoms with Crippen molar-refractivity contribution in [3.63, 3.8) is 0 Å². The number of hydrogen-bond donors (Lipinski definition) is 1. The van der Waals surface area contributed by atoms with Crippen molar-refractivity contribution >= 4 is 10.9 Å². The van der Waals surface area contributed by atoms with Crippen LogP contribution in [0.2, 0.25) is 0 Å². The van der Waals surface area contributed by atoms with Crippen LogP contribution in [0.1, 0.15) is 32.1 Å². The van der Waals surface area contributed by atoms with Gasteiger partial charge in [0.1, 0.15) is 17.4 Å². The fourth-order valence-corrected chi connectivity index (χ4v) is 5.87. The van der Waals surface area contributed by atoms with Crippen LogP contribution in [0.15, 0.2) is 71.5 Å². The largest absolute Gasteiger partial charge is 0.507 e. The number of piperidine rings is 1. The van der Waals surface area contributed by atoms with Gasteiger partial charge in [-0.15, -0.1) is 0 Å². The molecule has 6 heteroatoms. The molecule has 3 aromatic carbocycles. The zero-order valence-electron chi connectivity index (χ0n) is 20.9. The summed E-state index contributed by atoms with van der Waals surface area (Å²) in [6.07, 6.45) is 6.21. The fourth-order valence-electron chi connectivity index (χ4n) is 5.87. The van der Waals surface area contributed by atoms with Crippen molar-refractivity contribution in [2.45, 2.75) is 38.6 Å². The van der Waals surface area contributed by atoms with E-state index in [2.05, 4.69) is 4.90 Å². The molecule has 2 aliphatic rings. The molecule has 1 atom stereocenters. The minimum Gasteiger partial charge on any atom is -0.507 e. The smallest absolute Gasteiger partial charge is 0.261 e. The Balaban J connectivity index is 1.42. The molecule has 0 bridgehead atoms. The summed E-state index contributed by atoms with van der Waals surface area (Å²) >= 11 is 0. The number of phenols is 1. The topological polar surface area (TPSA) is 58.4 Å². The fraction of sp³-hybridized carbons (Fsp3) is 0.355. The van der Waals surface area contributed by atoms with E-state index in [1.807, 2.05) is 36.4 Å². The standard InChI is InChI=1S/C31H32FN3O2/c32-25-10-4-9-23(16-25)24-13-14-28-27(17-24)31(37)35(30(33-28)26-11-1-2-12-29(26)36)20-22-8-5-15-34(19-22)18-21-6-3-7-21/h1-2,4,9-14,16-17,21-22,36H,3,5-8,15,18-20H2. The van der Waals surface area contributed by atoms with Crippen LogP contribution < -0.4 is 5.56 Å². The number of phenolic OH excluding ortho intramolecular Hbond substituents is 1. The maximum absolute atomic E-state index is 14.0. The van der Waals surface area contributed by atoms with Gasteiger partial charge in [0.05, 0.1) is 16.5 Å². The number of aromatic nitrogens is 2. The Morgan fingerprint density at radius 2 is 1.70 bits per heavy atom. The molecule has 1 aliphatic heterocycles. The Bertz CT molecular complexity index is 1490. The zero-order chi connectivity index (χ0) is 25.4. The molecule has 5 nitrogen and oxygen atoms in total. The van der Waals surface area contributed by atoms with E-state index in [-0.39, 0.29) is 17.1 Å². The second kappa shape index (κ2) is 10.1. The lowest BCUT2D eigenvalue weighted by Gasteiger charge is -2.37. The predicted octanol–water partition coefficient (Wildman–Crippen LogP) is 6.09. The highest BCUT2D eigenvalue weighted by molar-refractivity contribution is 5.85. The predicted molar refractivity (Wildman–Crippen MR) is 145 cm³/mol. The third-order valence-electron chi connectivity index (χ3n) is 8.04. The zero-order valence-corrected chi connectivity index (χ0v) is 20.9. The third kappa shape index (κ3) is 4.90. The van der Waals surface area contributed by atoms with Crippen molar-refractivity contribution in [1.29, 1.82) is 0 Å². The first kappa shape index (κ1) is 23.9. The van der Waals surface area contributed by atoms with Crippen LogP contribution in [0.25, 0.3) is 33.4 Å². The highest BCUT2D eigenvalue weighted by atomic mass is 19.1. The first-order valence-corrected chi connectivity index (χ1v) is 13.4. The molecule has 190 valence electrons. The summed E-state index contributed by atoms with van der Waals surface area (Å²) in [5, 5.41) is 11.2. The lowest BCUT2D eigenvalue weighted by molar-refractivity contribution is 0.117. The van der Waals surface area contributed by atoms with Crippen LogP contribution in [0.3, 0.4) is 0 Å². The summed E-state index contributed by atoms with van der Waals surface area (Å²) in [4.78, 5) is 21.5. The molecule has 2 fully saturated rings. The number of aromatic hydroxyl groups is 1. The average Bonchev–Trinajstić information content (AvgIpc) is 2.88. The van der Waals surface area contributed by atoms with Gasteiger partial charge in [0.15, 0.2) is 0 Å². The van der Waals surface area contributed by atoms with Gasteiger partial charge in [-0.25, -0.2) is 9.37 Å². The molecule has 1 saturated carbocycles. The van der Waals surface area contributed by atoms with Crippen LogP contribution in [0, 0.1) is 17.7 Å². The molecule has 1 aromatic heterocycles.